The highest BCUT2D eigenvalue weighted by Crippen LogP contribution is 1.53. The second kappa shape index (κ2) is 9.65. The van der Waals surface area contributed by atoms with Crippen molar-refractivity contribution in [1.82, 2.24) is 0 Å². The van der Waals surface area contributed by atoms with Crippen LogP contribution in [0.4, 0.5) is 0 Å². The van der Waals surface area contributed by atoms with Crippen molar-refractivity contribution in [2.24, 2.45) is 0 Å². The summed E-state index contributed by atoms with van der Waals surface area (Å²) in [6.07, 6.45) is 2.00. The minimum atomic E-state index is 0. The molecule has 0 saturated heterocycles. The third kappa shape index (κ3) is 21.0. The maximum Gasteiger partial charge on any atom is 0.187 e. The molecule has 0 bridgehead atoms. The fourth-order valence-corrected chi connectivity index (χ4v) is 0. The number of hydrogen-bond acceptors (Lipinski definition) is 0. The summed E-state index contributed by atoms with van der Waals surface area (Å²) in [6, 6.07) is 0. The summed E-state index contributed by atoms with van der Waals surface area (Å²) in [5.41, 5.74) is 0. The van der Waals surface area contributed by atoms with Crippen LogP contribution in [-0.4, -0.2) is 17.4 Å². The topological polar surface area (TPSA) is 0 Å². The second-order valence-corrected chi connectivity index (χ2v) is 0.577. The van der Waals surface area contributed by atoms with Crippen LogP contribution >= 0.6 is 0 Å². The predicted octanol–water partition coefficient (Wildman–Crippen LogP) is 0.0466. The summed E-state index contributed by atoms with van der Waals surface area (Å²) in [6.45, 7) is 4.00. The molecule has 0 unspecified atom stereocenters. The van der Waals surface area contributed by atoms with Crippen molar-refractivity contribution in [3.05, 3.63) is 6.42 Å². The van der Waals surface area contributed by atoms with E-state index in [1.807, 2.05) is 20.3 Å². The van der Waals surface area contributed by atoms with E-state index >= 15 is 0 Å². The summed E-state index contributed by atoms with van der Waals surface area (Å²) in [5.74, 6) is 0. The van der Waals surface area contributed by atoms with Gasteiger partial charge in [-0.25, -0.2) is 0 Å². The molecule has 0 nitrogen and oxygen atoms in total. The average Bonchev–Trinajstić information content (AvgIpc) is 0.918. The van der Waals surface area contributed by atoms with Crippen LogP contribution < -0.4 is 0 Å². The Balaban J connectivity index is 0. The molecule has 0 N–H and O–H groups in total. The van der Waals surface area contributed by atoms with E-state index in [1.54, 1.807) is 0 Å². The molecule has 0 fully saturated rings. The summed E-state index contributed by atoms with van der Waals surface area (Å²) in [7, 11) is 0. The SMILES string of the molecule is C[CH]C.[AlH3]. The molecule has 0 atom stereocenters. The van der Waals surface area contributed by atoms with Crippen LogP contribution in [0.15, 0.2) is 0 Å². The van der Waals surface area contributed by atoms with Gasteiger partial charge in [-0.15, -0.1) is 0 Å². The fraction of sp³-hybridized carbons (Fsp3) is 0.667. The van der Waals surface area contributed by atoms with Crippen molar-refractivity contribution >= 4 is 17.4 Å². The third-order valence-corrected chi connectivity index (χ3v) is 0. The van der Waals surface area contributed by atoms with Gasteiger partial charge < -0.3 is 0 Å². The van der Waals surface area contributed by atoms with Crippen LogP contribution in [0.5, 0.6) is 0 Å². The van der Waals surface area contributed by atoms with Gasteiger partial charge in [-0.2, -0.15) is 0 Å². The lowest BCUT2D eigenvalue weighted by molar-refractivity contribution is 1.41. The van der Waals surface area contributed by atoms with Crippen molar-refractivity contribution in [1.29, 1.82) is 0 Å². The monoisotopic (exact) mass is 73.1 g/mol. The van der Waals surface area contributed by atoms with E-state index in [0.717, 1.165) is 0 Å². The largest absolute Gasteiger partial charge is 0.187 e. The molecular weight excluding hydrogens is 63.0 g/mol. The molecule has 0 aliphatic rings. The van der Waals surface area contributed by atoms with Gasteiger partial charge in [0.25, 0.3) is 0 Å². The lowest BCUT2D eigenvalue weighted by Gasteiger charge is -1.47. The lowest BCUT2D eigenvalue weighted by atomic mass is 10.6. The van der Waals surface area contributed by atoms with Crippen LogP contribution in [0.25, 0.3) is 0 Å². The molecule has 0 aliphatic carbocycles. The van der Waals surface area contributed by atoms with E-state index in [4.69, 9.17) is 0 Å². The van der Waals surface area contributed by atoms with Crippen molar-refractivity contribution in [3.8, 4) is 0 Å². The summed E-state index contributed by atoms with van der Waals surface area (Å²) in [4.78, 5) is 0. The molecule has 25 valence electrons. The fourth-order valence-electron chi connectivity index (χ4n) is 0. The minimum absolute atomic E-state index is 0. The molecule has 0 aromatic rings. The van der Waals surface area contributed by atoms with Gasteiger partial charge in [0.15, 0.2) is 17.4 Å². The van der Waals surface area contributed by atoms with E-state index < -0.39 is 0 Å². The summed E-state index contributed by atoms with van der Waals surface area (Å²) >= 11 is 0. The molecule has 1 radical (unpaired) electrons. The normalized spacial score (nSPS) is 4.50. The molecule has 0 aromatic carbocycles. The van der Waals surface area contributed by atoms with E-state index in [2.05, 4.69) is 0 Å². The zero-order valence-corrected chi connectivity index (χ0v) is 2.58. The van der Waals surface area contributed by atoms with Gasteiger partial charge in [-0.1, -0.05) is 13.8 Å². The zero-order chi connectivity index (χ0) is 2.71. The maximum absolute atomic E-state index is 2.00. The molecule has 1 heteroatoms. The molecule has 0 saturated carbocycles. The predicted molar refractivity (Wildman–Crippen MR) is 25.6 cm³/mol. The lowest BCUT2D eigenvalue weighted by Crippen LogP contribution is -1.30. The van der Waals surface area contributed by atoms with Gasteiger partial charge in [0, 0.05) is 0 Å². The molecule has 4 heavy (non-hydrogen) atoms. The van der Waals surface area contributed by atoms with Gasteiger partial charge in [0.05, 0.1) is 0 Å². The molecule has 0 rings (SSSR count). The summed E-state index contributed by atoms with van der Waals surface area (Å²) in [5, 5.41) is 0. The van der Waals surface area contributed by atoms with Crippen molar-refractivity contribution in [2.75, 3.05) is 0 Å². The average molecular weight is 73.1 g/mol. The standard InChI is InChI=1S/C3H7.Al.3H/c1-3-2;;;;/h3H,1-2H3;;;;. The van der Waals surface area contributed by atoms with Crippen molar-refractivity contribution in [3.63, 3.8) is 0 Å². The summed E-state index contributed by atoms with van der Waals surface area (Å²) < 4.78 is 0. The van der Waals surface area contributed by atoms with Gasteiger partial charge >= 0.3 is 0 Å². The Morgan fingerprint density at radius 3 is 1.25 bits per heavy atom. The Labute approximate surface area is 38.3 Å². The molecular formula is C3H10Al. The number of hydrogen-bond donors (Lipinski definition) is 0. The van der Waals surface area contributed by atoms with Gasteiger partial charge in [0.1, 0.15) is 0 Å². The van der Waals surface area contributed by atoms with Crippen LogP contribution in [0.2, 0.25) is 0 Å². The van der Waals surface area contributed by atoms with Crippen LogP contribution in [0, 0.1) is 6.42 Å². The van der Waals surface area contributed by atoms with Crippen molar-refractivity contribution < 1.29 is 0 Å². The highest BCUT2D eigenvalue weighted by Gasteiger charge is 1.36. The Bertz CT molecular complexity index is 3.25. The van der Waals surface area contributed by atoms with Crippen molar-refractivity contribution in [2.45, 2.75) is 13.8 Å². The van der Waals surface area contributed by atoms with E-state index in [-0.39, 0.29) is 17.4 Å². The van der Waals surface area contributed by atoms with Crippen LogP contribution in [-0.2, 0) is 0 Å². The first kappa shape index (κ1) is 8.82. The molecule has 0 aliphatic heterocycles. The highest BCUT2D eigenvalue weighted by atomic mass is 27.0. The maximum atomic E-state index is 2.00. The quantitative estimate of drug-likeness (QED) is 0.355. The van der Waals surface area contributed by atoms with E-state index in [0.29, 0.717) is 0 Å². The Hall–Kier alpha value is 0.532. The Kier molecular flexibility index (Phi) is 21.3. The molecule has 0 aromatic heterocycles. The molecule has 0 heterocycles. The first-order valence-corrected chi connectivity index (χ1v) is 1.15. The van der Waals surface area contributed by atoms with E-state index in [1.165, 1.54) is 0 Å². The Morgan fingerprint density at radius 1 is 1.25 bits per heavy atom. The van der Waals surface area contributed by atoms with Crippen LogP contribution in [0.1, 0.15) is 13.8 Å². The highest BCUT2D eigenvalue weighted by molar-refractivity contribution is 5.75. The second-order valence-electron chi connectivity index (χ2n) is 0.577. The molecule has 0 spiro atoms. The minimum Gasteiger partial charge on any atom is -0.0625 e. The van der Waals surface area contributed by atoms with E-state index in [9.17, 15) is 0 Å². The first-order chi connectivity index (χ1) is 1.41. The zero-order valence-electron chi connectivity index (χ0n) is 2.58. The van der Waals surface area contributed by atoms with Gasteiger partial charge in [-0.05, 0) is 6.42 Å². The third-order valence-electron chi connectivity index (χ3n) is 0. The first-order valence-electron chi connectivity index (χ1n) is 1.15. The van der Waals surface area contributed by atoms with Gasteiger partial charge in [-0.3, -0.25) is 0 Å². The molecule has 0 amide bonds. The van der Waals surface area contributed by atoms with Crippen LogP contribution in [0.3, 0.4) is 0 Å². The number of rotatable bonds is 0. The van der Waals surface area contributed by atoms with Gasteiger partial charge in [0.2, 0.25) is 0 Å². The Morgan fingerprint density at radius 2 is 1.25 bits per heavy atom. The smallest absolute Gasteiger partial charge is 0.0625 e.